The van der Waals surface area contributed by atoms with Gasteiger partial charge in [-0.3, -0.25) is 9.59 Å². The molecule has 7 heteroatoms. The van der Waals surface area contributed by atoms with Crippen LogP contribution in [0, 0.1) is 6.92 Å². The average Bonchev–Trinajstić information content (AvgIpc) is 2.66. The predicted molar refractivity (Wildman–Crippen MR) is 117 cm³/mol. The molecule has 0 saturated carbocycles. The highest BCUT2D eigenvalue weighted by Crippen LogP contribution is 2.20. The zero-order valence-corrected chi connectivity index (χ0v) is 18.1. The molecular weight excluding hydrogens is 382 g/mol. The molecule has 1 atom stereocenters. The number of aryl methyl sites for hydroxylation is 1. The van der Waals surface area contributed by atoms with E-state index in [0.717, 1.165) is 50.1 Å². The van der Waals surface area contributed by atoms with Crippen molar-refractivity contribution in [2.24, 2.45) is 0 Å². The molecule has 152 valence electrons. The van der Waals surface area contributed by atoms with Crippen LogP contribution in [-0.2, 0) is 9.59 Å². The van der Waals surface area contributed by atoms with Crippen LogP contribution in [0.5, 0.6) is 0 Å². The minimum atomic E-state index is -0.208. The number of benzene rings is 1. The number of nitrogens with zero attached hydrogens (tertiary/aromatic N) is 1. The first-order valence-corrected chi connectivity index (χ1v) is 10.6. The summed E-state index contributed by atoms with van der Waals surface area (Å²) < 4.78 is 0. The summed E-state index contributed by atoms with van der Waals surface area (Å²) in [5.74, 6) is 0.377. The van der Waals surface area contributed by atoms with Gasteiger partial charge < -0.3 is 15.5 Å². The van der Waals surface area contributed by atoms with Crippen molar-refractivity contribution in [3.05, 3.63) is 29.8 Å². The van der Waals surface area contributed by atoms with Crippen LogP contribution in [0.3, 0.4) is 0 Å². The van der Waals surface area contributed by atoms with E-state index in [1.807, 2.05) is 43.0 Å². The molecule has 0 spiro atoms. The number of amides is 2. The second kappa shape index (κ2) is 12.3. The largest absolute Gasteiger partial charge is 0.339 e. The number of thioether (sulfide) groups is 1. The Hall–Kier alpha value is -1.24. The van der Waals surface area contributed by atoms with Crippen molar-refractivity contribution < 1.29 is 9.59 Å². The highest BCUT2D eigenvalue weighted by Gasteiger charge is 2.28. The minimum absolute atomic E-state index is 0. The van der Waals surface area contributed by atoms with Crippen LogP contribution in [0.1, 0.15) is 38.7 Å². The van der Waals surface area contributed by atoms with Gasteiger partial charge in [-0.05, 0) is 58.3 Å². The second-order valence-electron chi connectivity index (χ2n) is 6.88. The van der Waals surface area contributed by atoms with Crippen LogP contribution in [0.4, 0.5) is 5.69 Å². The van der Waals surface area contributed by atoms with Gasteiger partial charge in [0.05, 0.1) is 11.0 Å². The molecule has 2 amide bonds. The first-order valence-electron chi connectivity index (χ1n) is 9.50. The highest BCUT2D eigenvalue weighted by molar-refractivity contribution is 8.01. The summed E-state index contributed by atoms with van der Waals surface area (Å²) in [7, 11) is 0. The van der Waals surface area contributed by atoms with E-state index in [9.17, 15) is 9.59 Å². The number of hydrogen-bond donors (Lipinski definition) is 2. The zero-order chi connectivity index (χ0) is 18.9. The van der Waals surface area contributed by atoms with Crippen LogP contribution < -0.4 is 10.6 Å². The Balaban J connectivity index is 0.00000364. The Morgan fingerprint density at radius 1 is 1.26 bits per heavy atom. The summed E-state index contributed by atoms with van der Waals surface area (Å²) in [6.07, 6.45) is 2.98. The molecule has 0 bridgehead atoms. The van der Waals surface area contributed by atoms with E-state index in [2.05, 4.69) is 17.6 Å². The fourth-order valence-corrected chi connectivity index (χ4v) is 3.92. The third-order valence-corrected chi connectivity index (χ3v) is 5.78. The number of rotatable bonds is 8. The molecule has 0 radical (unpaired) electrons. The van der Waals surface area contributed by atoms with Crippen molar-refractivity contribution in [1.29, 1.82) is 0 Å². The van der Waals surface area contributed by atoms with Gasteiger partial charge >= 0.3 is 0 Å². The third-order valence-electron chi connectivity index (χ3n) is 4.64. The van der Waals surface area contributed by atoms with E-state index < -0.39 is 0 Å². The Kier molecular flexibility index (Phi) is 10.8. The molecule has 2 N–H and O–H groups in total. The Bertz CT molecular complexity index is 591. The molecule has 1 aromatic carbocycles. The van der Waals surface area contributed by atoms with Crippen LogP contribution in [-0.4, -0.2) is 53.4 Å². The fourth-order valence-electron chi connectivity index (χ4n) is 3.17. The zero-order valence-electron chi connectivity index (χ0n) is 16.5. The number of halogens is 1. The van der Waals surface area contributed by atoms with E-state index >= 15 is 0 Å². The maximum atomic E-state index is 12.9. The molecule has 5 nitrogen and oxygen atoms in total. The third kappa shape index (κ3) is 7.72. The van der Waals surface area contributed by atoms with Gasteiger partial charge in [0.15, 0.2) is 0 Å². The number of nitrogens with one attached hydrogen (secondary N) is 2. The van der Waals surface area contributed by atoms with Crippen LogP contribution >= 0.6 is 24.2 Å². The Morgan fingerprint density at radius 2 is 1.89 bits per heavy atom. The summed E-state index contributed by atoms with van der Waals surface area (Å²) in [4.78, 5) is 27.1. The molecule has 1 fully saturated rings. The van der Waals surface area contributed by atoms with Gasteiger partial charge in [-0.2, -0.15) is 0 Å². The van der Waals surface area contributed by atoms with E-state index in [0.29, 0.717) is 6.04 Å². The molecule has 1 aromatic rings. The highest BCUT2D eigenvalue weighted by atomic mass is 35.5. The topological polar surface area (TPSA) is 61.4 Å². The van der Waals surface area contributed by atoms with Crippen molar-refractivity contribution in [2.75, 3.05) is 30.7 Å². The molecule has 1 unspecified atom stereocenters. The van der Waals surface area contributed by atoms with Gasteiger partial charge in [-0.15, -0.1) is 24.2 Å². The monoisotopic (exact) mass is 413 g/mol. The van der Waals surface area contributed by atoms with E-state index in [4.69, 9.17) is 0 Å². The number of hydrogen-bond acceptors (Lipinski definition) is 4. The summed E-state index contributed by atoms with van der Waals surface area (Å²) in [5, 5.41) is 6.03. The molecule has 0 aromatic heterocycles. The standard InChI is InChI=1S/C20H31N3O2S.ClH/c1-4-13-23(18-9-11-21-12-10-18)20(25)16(3)26-14-19(24)22-17-7-5-15(2)6-8-17;/h5-8,16,18,21H,4,9-14H2,1-3H3,(H,22,24);1H. The van der Waals surface area contributed by atoms with Crippen LogP contribution in [0.2, 0.25) is 0 Å². The van der Waals surface area contributed by atoms with Gasteiger partial charge in [0.25, 0.3) is 0 Å². The summed E-state index contributed by atoms with van der Waals surface area (Å²) in [6.45, 7) is 8.77. The van der Waals surface area contributed by atoms with Gasteiger partial charge in [0, 0.05) is 18.3 Å². The summed E-state index contributed by atoms with van der Waals surface area (Å²) in [5.41, 5.74) is 1.95. The molecule has 1 saturated heterocycles. The maximum absolute atomic E-state index is 12.9. The predicted octanol–water partition coefficient (Wildman–Crippen LogP) is 3.47. The van der Waals surface area contributed by atoms with E-state index in [1.54, 1.807) is 0 Å². The normalized spacial score (nSPS) is 15.5. The number of carbonyl (C=O) groups excluding carboxylic acids is 2. The van der Waals surface area contributed by atoms with Gasteiger partial charge in [-0.1, -0.05) is 24.6 Å². The molecule has 1 aliphatic rings. The molecular formula is C20H32ClN3O2S. The van der Waals surface area contributed by atoms with Crippen molar-refractivity contribution >= 4 is 41.7 Å². The van der Waals surface area contributed by atoms with E-state index in [-0.39, 0.29) is 35.2 Å². The lowest BCUT2D eigenvalue weighted by atomic mass is 10.0. The van der Waals surface area contributed by atoms with Gasteiger partial charge in [-0.25, -0.2) is 0 Å². The lowest BCUT2D eigenvalue weighted by molar-refractivity contribution is -0.133. The first kappa shape index (κ1) is 23.8. The van der Waals surface area contributed by atoms with E-state index in [1.165, 1.54) is 11.8 Å². The minimum Gasteiger partial charge on any atom is -0.339 e. The smallest absolute Gasteiger partial charge is 0.235 e. The molecule has 1 heterocycles. The van der Waals surface area contributed by atoms with Crippen molar-refractivity contribution in [3.8, 4) is 0 Å². The summed E-state index contributed by atoms with van der Waals surface area (Å²) in [6, 6.07) is 8.06. The number of piperidine rings is 1. The molecule has 1 aliphatic heterocycles. The fraction of sp³-hybridized carbons (Fsp3) is 0.600. The Labute approximate surface area is 173 Å². The second-order valence-corrected chi connectivity index (χ2v) is 8.21. The average molecular weight is 414 g/mol. The summed E-state index contributed by atoms with van der Waals surface area (Å²) >= 11 is 1.41. The van der Waals surface area contributed by atoms with Gasteiger partial charge in [0.1, 0.15) is 0 Å². The number of anilines is 1. The maximum Gasteiger partial charge on any atom is 0.235 e. The van der Waals surface area contributed by atoms with Crippen LogP contribution in [0.15, 0.2) is 24.3 Å². The molecule has 0 aliphatic carbocycles. The molecule has 2 rings (SSSR count). The molecule has 27 heavy (non-hydrogen) atoms. The van der Waals surface area contributed by atoms with Crippen molar-refractivity contribution in [3.63, 3.8) is 0 Å². The quantitative estimate of drug-likeness (QED) is 0.685. The lowest BCUT2D eigenvalue weighted by Gasteiger charge is -2.36. The van der Waals surface area contributed by atoms with Crippen molar-refractivity contribution in [2.45, 2.75) is 51.3 Å². The first-order chi connectivity index (χ1) is 12.5. The van der Waals surface area contributed by atoms with Crippen LogP contribution in [0.25, 0.3) is 0 Å². The number of carbonyl (C=O) groups is 2. The Morgan fingerprint density at radius 3 is 2.48 bits per heavy atom. The van der Waals surface area contributed by atoms with Crippen molar-refractivity contribution in [1.82, 2.24) is 10.2 Å². The SMILES string of the molecule is CCCN(C(=O)C(C)SCC(=O)Nc1ccc(C)cc1)C1CCNCC1.Cl. The van der Waals surface area contributed by atoms with Gasteiger partial charge in [0.2, 0.25) is 11.8 Å². The lowest BCUT2D eigenvalue weighted by Crippen LogP contribution is -2.49.